The maximum Gasteiger partial charge on any atom is 0.0823 e. The van der Waals surface area contributed by atoms with Crippen LogP contribution in [0.4, 0.5) is 5.69 Å². The zero-order valence-electron chi connectivity index (χ0n) is 7.79. The molecule has 0 aliphatic rings. The van der Waals surface area contributed by atoms with E-state index in [2.05, 4.69) is 15.9 Å². The van der Waals surface area contributed by atoms with E-state index in [1.807, 2.05) is 19.9 Å². The van der Waals surface area contributed by atoms with Crippen molar-refractivity contribution in [3.63, 3.8) is 0 Å². The van der Waals surface area contributed by atoms with Gasteiger partial charge < -0.3 is 10.8 Å². The van der Waals surface area contributed by atoms with Crippen molar-refractivity contribution in [2.24, 2.45) is 5.92 Å². The van der Waals surface area contributed by atoms with Gasteiger partial charge in [-0.25, -0.2) is 0 Å². The number of aliphatic hydroxyl groups excluding tert-OH is 1. The van der Waals surface area contributed by atoms with Crippen LogP contribution in [0.2, 0.25) is 0 Å². The predicted molar refractivity (Wildman–Crippen MR) is 58.4 cm³/mol. The van der Waals surface area contributed by atoms with Gasteiger partial charge in [0, 0.05) is 10.2 Å². The second-order valence-electron chi connectivity index (χ2n) is 3.47. The van der Waals surface area contributed by atoms with E-state index < -0.39 is 6.10 Å². The highest BCUT2D eigenvalue weighted by molar-refractivity contribution is 9.10. The minimum Gasteiger partial charge on any atom is -0.399 e. The van der Waals surface area contributed by atoms with E-state index in [-0.39, 0.29) is 5.92 Å². The van der Waals surface area contributed by atoms with Crippen molar-refractivity contribution in [1.82, 2.24) is 0 Å². The molecule has 72 valence electrons. The van der Waals surface area contributed by atoms with E-state index in [0.717, 1.165) is 10.0 Å². The smallest absolute Gasteiger partial charge is 0.0823 e. The Morgan fingerprint density at radius 1 is 1.38 bits per heavy atom. The van der Waals surface area contributed by atoms with Gasteiger partial charge >= 0.3 is 0 Å². The van der Waals surface area contributed by atoms with Gasteiger partial charge in [-0.05, 0) is 23.6 Å². The molecule has 0 fully saturated rings. The summed E-state index contributed by atoms with van der Waals surface area (Å²) in [6.07, 6.45) is -0.435. The standard InChI is InChI=1S/C10H14BrNO/c1-6(2)10(13)8-4-3-7(12)5-9(8)11/h3-6,10,13H,12H2,1-2H3. The molecule has 1 atom stereocenters. The monoisotopic (exact) mass is 243 g/mol. The average Bonchev–Trinajstić information content (AvgIpc) is 2.03. The Labute approximate surface area is 86.9 Å². The molecular weight excluding hydrogens is 230 g/mol. The van der Waals surface area contributed by atoms with E-state index in [1.165, 1.54) is 0 Å². The molecular formula is C10H14BrNO. The summed E-state index contributed by atoms with van der Waals surface area (Å²) < 4.78 is 0.869. The lowest BCUT2D eigenvalue weighted by Gasteiger charge is -2.16. The summed E-state index contributed by atoms with van der Waals surface area (Å²) in [6.45, 7) is 3.96. The number of aliphatic hydroxyl groups is 1. The van der Waals surface area contributed by atoms with Gasteiger partial charge in [0.15, 0.2) is 0 Å². The van der Waals surface area contributed by atoms with Crippen molar-refractivity contribution in [2.45, 2.75) is 20.0 Å². The Balaban J connectivity index is 3.01. The zero-order chi connectivity index (χ0) is 10.0. The van der Waals surface area contributed by atoms with Gasteiger partial charge in [0.25, 0.3) is 0 Å². The molecule has 0 aromatic heterocycles. The Morgan fingerprint density at radius 3 is 2.46 bits per heavy atom. The van der Waals surface area contributed by atoms with Gasteiger partial charge in [0.1, 0.15) is 0 Å². The van der Waals surface area contributed by atoms with E-state index in [4.69, 9.17) is 5.73 Å². The minimum absolute atomic E-state index is 0.208. The first-order valence-electron chi connectivity index (χ1n) is 4.25. The van der Waals surface area contributed by atoms with Crippen LogP contribution in [0.5, 0.6) is 0 Å². The molecule has 3 N–H and O–H groups in total. The SMILES string of the molecule is CC(C)C(O)c1ccc(N)cc1Br. The van der Waals surface area contributed by atoms with Crippen molar-refractivity contribution in [3.8, 4) is 0 Å². The summed E-state index contributed by atoms with van der Waals surface area (Å²) in [6, 6.07) is 5.46. The second kappa shape index (κ2) is 4.11. The fourth-order valence-corrected chi connectivity index (χ4v) is 1.77. The topological polar surface area (TPSA) is 46.2 Å². The van der Waals surface area contributed by atoms with Crippen molar-refractivity contribution < 1.29 is 5.11 Å². The first-order valence-corrected chi connectivity index (χ1v) is 5.04. The maximum absolute atomic E-state index is 9.80. The van der Waals surface area contributed by atoms with E-state index >= 15 is 0 Å². The first kappa shape index (κ1) is 10.5. The van der Waals surface area contributed by atoms with Crippen LogP contribution in [-0.4, -0.2) is 5.11 Å². The Morgan fingerprint density at radius 2 is 2.00 bits per heavy atom. The molecule has 0 bridgehead atoms. The first-order chi connectivity index (χ1) is 6.02. The van der Waals surface area contributed by atoms with Crippen LogP contribution >= 0.6 is 15.9 Å². The molecule has 3 heteroatoms. The summed E-state index contributed by atoms with van der Waals surface area (Å²) >= 11 is 3.38. The number of anilines is 1. The van der Waals surface area contributed by atoms with Crippen molar-refractivity contribution in [1.29, 1.82) is 0 Å². The van der Waals surface area contributed by atoms with E-state index in [0.29, 0.717) is 5.69 Å². The van der Waals surface area contributed by atoms with Crippen LogP contribution in [0.3, 0.4) is 0 Å². The summed E-state index contributed by atoms with van der Waals surface area (Å²) in [5, 5.41) is 9.80. The highest BCUT2D eigenvalue weighted by atomic mass is 79.9. The maximum atomic E-state index is 9.80. The molecule has 0 heterocycles. The Kier molecular flexibility index (Phi) is 3.33. The minimum atomic E-state index is -0.435. The van der Waals surface area contributed by atoms with Crippen LogP contribution in [-0.2, 0) is 0 Å². The summed E-state index contributed by atoms with van der Waals surface area (Å²) in [5.74, 6) is 0.208. The van der Waals surface area contributed by atoms with E-state index in [9.17, 15) is 5.11 Å². The highest BCUT2D eigenvalue weighted by Gasteiger charge is 2.14. The van der Waals surface area contributed by atoms with Gasteiger partial charge in [-0.3, -0.25) is 0 Å². The van der Waals surface area contributed by atoms with Crippen LogP contribution in [0.15, 0.2) is 22.7 Å². The molecule has 0 spiro atoms. The Hall–Kier alpha value is -0.540. The molecule has 1 rings (SSSR count). The lowest BCUT2D eigenvalue weighted by Crippen LogP contribution is -2.06. The molecule has 0 amide bonds. The van der Waals surface area contributed by atoms with Crippen molar-refractivity contribution in [2.75, 3.05) is 5.73 Å². The summed E-state index contributed by atoms with van der Waals surface area (Å²) in [5.41, 5.74) is 7.19. The molecule has 1 aromatic carbocycles. The third-order valence-corrected chi connectivity index (χ3v) is 2.66. The fourth-order valence-electron chi connectivity index (χ4n) is 1.14. The molecule has 0 saturated heterocycles. The summed E-state index contributed by atoms with van der Waals surface area (Å²) in [4.78, 5) is 0. The molecule has 0 saturated carbocycles. The third-order valence-electron chi connectivity index (χ3n) is 1.97. The largest absolute Gasteiger partial charge is 0.399 e. The average molecular weight is 244 g/mol. The van der Waals surface area contributed by atoms with Crippen molar-refractivity contribution >= 4 is 21.6 Å². The highest BCUT2D eigenvalue weighted by Crippen LogP contribution is 2.29. The number of rotatable bonds is 2. The number of nitrogen functional groups attached to an aromatic ring is 1. The van der Waals surface area contributed by atoms with Crippen LogP contribution in [0.25, 0.3) is 0 Å². The van der Waals surface area contributed by atoms with Gasteiger partial charge in [0.2, 0.25) is 0 Å². The number of benzene rings is 1. The molecule has 0 aliphatic heterocycles. The quantitative estimate of drug-likeness (QED) is 0.785. The number of nitrogens with two attached hydrogens (primary N) is 1. The van der Waals surface area contributed by atoms with Gasteiger partial charge in [-0.1, -0.05) is 35.8 Å². The fraction of sp³-hybridized carbons (Fsp3) is 0.400. The van der Waals surface area contributed by atoms with Gasteiger partial charge in [-0.2, -0.15) is 0 Å². The van der Waals surface area contributed by atoms with Gasteiger partial charge in [-0.15, -0.1) is 0 Å². The number of halogens is 1. The molecule has 0 radical (unpaired) electrons. The summed E-state index contributed by atoms with van der Waals surface area (Å²) in [7, 11) is 0. The molecule has 0 aliphatic carbocycles. The van der Waals surface area contributed by atoms with E-state index in [1.54, 1.807) is 12.1 Å². The lowest BCUT2D eigenvalue weighted by molar-refractivity contribution is 0.126. The number of hydrogen-bond acceptors (Lipinski definition) is 2. The Bertz CT molecular complexity index is 299. The molecule has 13 heavy (non-hydrogen) atoms. The van der Waals surface area contributed by atoms with Crippen LogP contribution in [0.1, 0.15) is 25.5 Å². The van der Waals surface area contributed by atoms with Crippen LogP contribution < -0.4 is 5.73 Å². The molecule has 1 aromatic rings. The van der Waals surface area contributed by atoms with Gasteiger partial charge in [0.05, 0.1) is 6.10 Å². The molecule has 1 unspecified atom stereocenters. The lowest BCUT2D eigenvalue weighted by atomic mass is 9.99. The van der Waals surface area contributed by atoms with Crippen molar-refractivity contribution in [3.05, 3.63) is 28.2 Å². The zero-order valence-corrected chi connectivity index (χ0v) is 9.38. The second-order valence-corrected chi connectivity index (χ2v) is 4.32. The predicted octanol–water partition coefficient (Wildman–Crippen LogP) is 2.72. The third kappa shape index (κ3) is 2.45. The van der Waals surface area contributed by atoms with Crippen LogP contribution in [0, 0.1) is 5.92 Å². The normalized spacial score (nSPS) is 13.3. The molecule has 2 nitrogen and oxygen atoms in total. The number of hydrogen-bond donors (Lipinski definition) is 2.